The Balaban J connectivity index is 1.22. The summed E-state index contributed by atoms with van der Waals surface area (Å²) in [5.74, 6) is 4.18. The molecule has 1 aromatic heterocycles. The molecule has 0 radical (unpaired) electrons. The third-order valence-electron chi connectivity index (χ3n) is 15.7. The molecule has 6 aromatic rings. The van der Waals surface area contributed by atoms with Gasteiger partial charge in [0.25, 0.3) is 0 Å². The van der Waals surface area contributed by atoms with Crippen molar-refractivity contribution in [1.82, 2.24) is 4.98 Å². The van der Waals surface area contributed by atoms with E-state index in [-0.39, 0.29) is 21.8 Å². The SMILES string of the molecule is Cc1cc(Oc2cc(C3=N[C@]4(C)c5cc(C)c(C)cc5C[C@]4(C)N3c3c(C(C)C)cccc3C(C)C)cc(C(C)(C)C)c2)cc(N2c3ccc(C(C)(C)C)cc3C(C)(C)c3cc(C)cnc32)c1. The van der Waals surface area contributed by atoms with Crippen LogP contribution in [0.15, 0.2) is 102 Å². The van der Waals surface area contributed by atoms with Crippen LogP contribution in [0.5, 0.6) is 11.5 Å². The zero-order valence-corrected chi connectivity index (χ0v) is 43.8. The molecule has 2 atom stereocenters. The Morgan fingerprint density at radius 1 is 0.627 bits per heavy atom. The van der Waals surface area contributed by atoms with Crippen molar-refractivity contribution in [3.63, 3.8) is 0 Å². The predicted octanol–water partition coefficient (Wildman–Crippen LogP) is 16.6. The summed E-state index contributed by atoms with van der Waals surface area (Å²) in [4.78, 5) is 16.2. The van der Waals surface area contributed by atoms with E-state index < -0.39 is 5.54 Å². The average Bonchev–Trinajstić information content (AvgIpc) is 3.59. The van der Waals surface area contributed by atoms with Crippen LogP contribution in [-0.4, -0.2) is 16.4 Å². The summed E-state index contributed by atoms with van der Waals surface area (Å²) in [6, 6.07) is 34.6. The molecular formula is C62H74N4O. The number of aliphatic imine (C=N–C) groups is 1. The number of para-hydroxylation sites is 1. The second kappa shape index (κ2) is 15.7. The molecule has 0 bridgehead atoms. The van der Waals surface area contributed by atoms with Gasteiger partial charge in [0, 0.05) is 28.8 Å². The van der Waals surface area contributed by atoms with E-state index >= 15 is 0 Å². The summed E-state index contributed by atoms with van der Waals surface area (Å²) >= 11 is 0. The number of hydrogen-bond acceptors (Lipinski definition) is 5. The van der Waals surface area contributed by atoms with Gasteiger partial charge >= 0.3 is 0 Å². The van der Waals surface area contributed by atoms with Crippen molar-refractivity contribution in [2.24, 2.45) is 4.99 Å². The van der Waals surface area contributed by atoms with Crippen molar-refractivity contribution in [2.45, 2.75) is 170 Å². The van der Waals surface area contributed by atoms with E-state index in [0.29, 0.717) is 11.8 Å². The molecule has 5 aromatic carbocycles. The van der Waals surface area contributed by atoms with Crippen molar-refractivity contribution >= 4 is 28.7 Å². The number of amidine groups is 1. The van der Waals surface area contributed by atoms with Gasteiger partial charge in [0.15, 0.2) is 0 Å². The van der Waals surface area contributed by atoms with Crippen molar-refractivity contribution in [3.8, 4) is 11.5 Å². The maximum atomic E-state index is 7.20. The van der Waals surface area contributed by atoms with E-state index in [4.69, 9.17) is 14.7 Å². The average molecular weight is 891 g/mol. The maximum absolute atomic E-state index is 7.20. The fourth-order valence-corrected chi connectivity index (χ4v) is 11.3. The van der Waals surface area contributed by atoms with Gasteiger partial charge in [-0.25, -0.2) is 4.98 Å². The molecule has 3 aliphatic rings. The van der Waals surface area contributed by atoms with Crippen LogP contribution in [0, 0.1) is 27.7 Å². The highest BCUT2D eigenvalue weighted by molar-refractivity contribution is 6.14. The minimum atomic E-state index is -0.492. The third-order valence-corrected chi connectivity index (χ3v) is 15.7. The van der Waals surface area contributed by atoms with Gasteiger partial charge in [0.1, 0.15) is 28.7 Å². The molecule has 9 rings (SSSR count). The number of hydrogen-bond donors (Lipinski definition) is 0. The van der Waals surface area contributed by atoms with Crippen LogP contribution in [-0.2, 0) is 28.2 Å². The molecule has 0 spiro atoms. The molecule has 5 nitrogen and oxygen atoms in total. The second-order valence-corrected chi connectivity index (χ2v) is 23.9. The molecule has 1 aliphatic carbocycles. The second-order valence-electron chi connectivity index (χ2n) is 23.9. The summed E-state index contributed by atoms with van der Waals surface area (Å²) in [6.45, 7) is 41.4. The lowest BCUT2D eigenvalue weighted by Crippen LogP contribution is -2.54. The highest BCUT2D eigenvalue weighted by atomic mass is 16.5. The predicted molar refractivity (Wildman–Crippen MR) is 283 cm³/mol. The van der Waals surface area contributed by atoms with E-state index in [2.05, 4.69) is 225 Å². The molecule has 0 amide bonds. The number of rotatable bonds is 7. The van der Waals surface area contributed by atoms with E-state index in [9.17, 15) is 0 Å². The van der Waals surface area contributed by atoms with E-state index in [1.165, 1.54) is 61.3 Å². The fraction of sp³-hybridized carbons (Fsp3) is 0.419. The number of anilines is 4. The third kappa shape index (κ3) is 7.51. The number of fused-ring (bicyclic) bond motifs is 5. The Morgan fingerprint density at radius 2 is 1.27 bits per heavy atom. The van der Waals surface area contributed by atoms with Crippen molar-refractivity contribution in [2.75, 3.05) is 9.80 Å². The van der Waals surface area contributed by atoms with Gasteiger partial charge in [0.05, 0.1) is 22.6 Å². The van der Waals surface area contributed by atoms with E-state index in [0.717, 1.165) is 57.6 Å². The van der Waals surface area contributed by atoms with Gasteiger partial charge < -0.3 is 9.64 Å². The van der Waals surface area contributed by atoms with Crippen LogP contribution in [0.25, 0.3) is 0 Å². The molecule has 0 fully saturated rings. The quantitative estimate of drug-likeness (QED) is 0.160. The number of pyridine rings is 1. The molecule has 3 heterocycles. The molecule has 348 valence electrons. The Labute approximate surface area is 402 Å². The minimum Gasteiger partial charge on any atom is -0.457 e. The Hall–Kier alpha value is -5.68. The number of nitrogens with zero attached hydrogens (tertiary/aromatic N) is 4. The van der Waals surface area contributed by atoms with Crippen molar-refractivity contribution in [1.29, 1.82) is 0 Å². The smallest absolute Gasteiger partial charge is 0.141 e. The molecule has 0 N–H and O–H groups in total. The summed E-state index contributed by atoms with van der Waals surface area (Å²) in [7, 11) is 0. The van der Waals surface area contributed by atoms with Crippen molar-refractivity contribution < 1.29 is 4.74 Å². The zero-order chi connectivity index (χ0) is 48.5. The van der Waals surface area contributed by atoms with E-state index in [1.807, 2.05) is 6.20 Å². The lowest BCUT2D eigenvalue weighted by Gasteiger charge is -2.44. The topological polar surface area (TPSA) is 41.0 Å². The zero-order valence-electron chi connectivity index (χ0n) is 43.8. The fourth-order valence-electron chi connectivity index (χ4n) is 11.3. The summed E-state index contributed by atoms with van der Waals surface area (Å²) in [5.41, 5.74) is 18.7. The molecule has 5 heteroatoms. The van der Waals surface area contributed by atoms with Crippen molar-refractivity contribution in [3.05, 3.63) is 170 Å². The van der Waals surface area contributed by atoms with Crippen LogP contribution in [0.2, 0.25) is 0 Å². The van der Waals surface area contributed by atoms with Gasteiger partial charge in [0.2, 0.25) is 0 Å². The molecule has 0 unspecified atom stereocenters. The number of aryl methyl sites for hydroxylation is 4. The van der Waals surface area contributed by atoms with Crippen LogP contribution < -0.4 is 14.5 Å². The Morgan fingerprint density at radius 3 is 1.91 bits per heavy atom. The van der Waals surface area contributed by atoms with Crippen LogP contribution in [0.3, 0.4) is 0 Å². The monoisotopic (exact) mass is 891 g/mol. The molecule has 67 heavy (non-hydrogen) atoms. The van der Waals surface area contributed by atoms with Gasteiger partial charge in [-0.2, -0.15) is 0 Å². The van der Waals surface area contributed by atoms with Crippen LogP contribution in [0.4, 0.5) is 22.9 Å². The van der Waals surface area contributed by atoms with Crippen LogP contribution in [0.1, 0.15) is 181 Å². The first kappa shape index (κ1) is 46.4. The molecule has 2 aliphatic heterocycles. The first-order valence-electron chi connectivity index (χ1n) is 24.7. The first-order valence-corrected chi connectivity index (χ1v) is 24.7. The van der Waals surface area contributed by atoms with Gasteiger partial charge in [-0.05, 0) is 174 Å². The van der Waals surface area contributed by atoms with Gasteiger partial charge in [-0.1, -0.05) is 126 Å². The van der Waals surface area contributed by atoms with Gasteiger partial charge in [-0.15, -0.1) is 0 Å². The number of benzene rings is 5. The van der Waals surface area contributed by atoms with Crippen LogP contribution >= 0.6 is 0 Å². The largest absolute Gasteiger partial charge is 0.457 e. The van der Waals surface area contributed by atoms with Gasteiger partial charge in [-0.3, -0.25) is 9.89 Å². The highest BCUT2D eigenvalue weighted by Gasteiger charge is 2.61. The first-order chi connectivity index (χ1) is 31.2. The Kier molecular flexibility index (Phi) is 10.9. The standard InChI is InChI=1S/C62H74N4O/c1-36(2)49-20-19-21-50(37(3)4)55(49)66-56(64-62(18)51-28-41(8)40(7)27-43(51)34-61(62,66)17)42-29-45(59(12,13)14)31-48(30-42)67-47-25-38(5)24-46(33-47)65-54-23-22-44(58(9,10)11)32-52(54)60(15,16)53-26-39(6)35-63-57(53)65/h19-33,35-37H,34H2,1-18H3/t61-,62+/m0/s1. The maximum Gasteiger partial charge on any atom is 0.141 e. The summed E-state index contributed by atoms with van der Waals surface area (Å²) < 4.78 is 7.20. The highest BCUT2D eigenvalue weighted by Crippen LogP contribution is 2.58. The minimum absolute atomic E-state index is 0.0123. The summed E-state index contributed by atoms with van der Waals surface area (Å²) in [6.07, 6.45) is 2.90. The molecule has 0 saturated heterocycles. The lowest BCUT2D eigenvalue weighted by molar-refractivity contribution is 0.321. The Bertz CT molecular complexity index is 2980. The number of aromatic nitrogens is 1. The molecular weight excluding hydrogens is 817 g/mol. The van der Waals surface area contributed by atoms with E-state index in [1.54, 1.807) is 0 Å². The normalized spacial score (nSPS) is 19.7. The summed E-state index contributed by atoms with van der Waals surface area (Å²) in [5, 5.41) is 0. The number of ether oxygens (including phenoxy) is 1. The molecule has 0 saturated carbocycles. The lowest BCUT2D eigenvalue weighted by atomic mass is 9.72.